The Morgan fingerprint density at radius 1 is 1.00 bits per heavy atom. The minimum atomic E-state index is -0.276. The van der Waals surface area contributed by atoms with Crippen molar-refractivity contribution in [3.05, 3.63) is 70.1 Å². The first-order valence-corrected chi connectivity index (χ1v) is 10.2. The molecule has 5 nitrogen and oxygen atoms in total. The molecule has 2 heterocycles. The van der Waals surface area contributed by atoms with Gasteiger partial charge >= 0.3 is 5.63 Å². The lowest BCUT2D eigenvalue weighted by molar-refractivity contribution is 0.250. The zero-order valence-electron chi connectivity index (χ0n) is 17.4. The van der Waals surface area contributed by atoms with Gasteiger partial charge in [0, 0.05) is 49.9 Å². The molecule has 5 heteroatoms. The third kappa shape index (κ3) is 4.30. The second-order valence-electron chi connectivity index (χ2n) is 7.96. The Hall–Kier alpha value is -2.79. The van der Waals surface area contributed by atoms with E-state index >= 15 is 0 Å². The SMILES string of the molecule is COc1ccc(N2CCN(Cc3cc(=O)oc4ccc(C(C)C)cc34)CC2)cc1. The van der Waals surface area contributed by atoms with Crippen LogP contribution in [0.3, 0.4) is 0 Å². The highest BCUT2D eigenvalue weighted by Crippen LogP contribution is 2.25. The average Bonchev–Trinajstić information content (AvgIpc) is 2.74. The Labute approximate surface area is 171 Å². The molecule has 1 aliphatic rings. The summed E-state index contributed by atoms with van der Waals surface area (Å²) in [5, 5.41) is 1.05. The van der Waals surface area contributed by atoms with Crippen LogP contribution < -0.4 is 15.3 Å². The molecule has 0 atom stereocenters. The molecule has 3 aromatic rings. The highest BCUT2D eigenvalue weighted by molar-refractivity contribution is 5.81. The lowest BCUT2D eigenvalue weighted by atomic mass is 9.99. The third-order valence-electron chi connectivity index (χ3n) is 5.72. The average molecular weight is 392 g/mol. The second-order valence-corrected chi connectivity index (χ2v) is 7.96. The summed E-state index contributed by atoms with van der Waals surface area (Å²) in [7, 11) is 1.69. The van der Waals surface area contributed by atoms with E-state index in [1.54, 1.807) is 13.2 Å². The molecule has 1 saturated heterocycles. The van der Waals surface area contributed by atoms with Gasteiger partial charge in [-0.2, -0.15) is 0 Å². The van der Waals surface area contributed by atoms with E-state index in [4.69, 9.17) is 9.15 Å². The molecular weight excluding hydrogens is 364 g/mol. The van der Waals surface area contributed by atoms with Crippen LogP contribution in [0.5, 0.6) is 5.75 Å². The molecule has 0 radical (unpaired) electrons. The Bertz CT molecular complexity index is 1030. The van der Waals surface area contributed by atoms with E-state index in [9.17, 15) is 4.79 Å². The van der Waals surface area contributed by atoms with Gasteiger partial charge in [-0.25, -0.2) is 4.79 Å². The van der Waals surface area contributed by atoms with E-state index in [1.165, 1.54) is 11.3 Å². The van der Waals surface area contributed by atoms with Crippen LogP contribution in [0.4, 0.5) is 5.69 Å². The van der Waals surface area contributed by atoms with Gasteiger partial charge in [0.1, 0.15) is 11.3 Å². The number of benzene rings is 2. The number of anilines is 1. The summed E-state index contributed by atoms with van der Waals surface area (Å²) in [5.41, 5.74) is 3.93. The van der Waals surface area contributed by atoms with Gasteiger partial charge in [-0.05, 0) is 53.4 Å². The summed E-state index contributed by atoms with van der Waals surface area (Å²) in [6.07, 6.45) is 0. The molecular formula is C24H28N2O3. The molecule has 0 amide bonds. The van der Waals surface area contributed by atoms with Gasteiger partial charge in [0.25, 0.3) is 0 Å². The lowest BCUT2D eigenvalue weighted by Crippen LogP contribution is -2.46. The smallest absolute Gasteiger partial charge is 0.336 e. The molecule has 1 aliphatic heterocycles. The van der Waals surface area contributed by atoms with E-state index in [2.05, 4.69) is 41.8 Å². The molecule has 29 heavy (non-hydrogen) atoms. The van der Waals surface area contributed by atoms with Crippen molar-refractivity contribution in [1.29, 1.82) is 0 Å². The van der Waals surface area contributed by atoms with Crippen molar-refractivity contribution in [2.75, 3.05) is 38.2 Å². The predicted octanol–water partition coefficient (Wildman–Crippen LogP) is 4.25. The summed E-state index contributed by atoms with van der Waals surface area (Å²) >= 11 is 0. The maximum Gasteiger partial charge on any atom is 0.336 e. The Kier molecular flexibility index (Phi) is 5.58. The molecule has 1 aromatic heterocycles. The van der Waals surface area contributed by atoms with Crippen LogP contribution in [0.1, 0.15) is 30.9 Å². The van der Waals surface area contributed by atoms with E-state index in [1.807, 2.05) is 24.3 Å². The van der Waals surface area contributed by atoms with Crippen LogP contribution in [0.25, 0.3) is 11.0 Å². The van der Waals surface area contributed by atoms with Crippen LogP contribution in [0.15, 0.2) is 57.7 Å². The normalized spacial score (nSPS) is 15.2. The van der Waals surface area contributed by atoms with Crippen molar-refractivity contribution in [1.82, 2.24) is 4.90 Å². The molecule has 0 spiro atoms. The van der Waals surface area contributed by atoms with E-state index in [-0.39, 0.29) is 5.63 Å². The van der Waals surface area contributed by atoms with E-state index < -0.39 is 0 Å². The maximum atomic E-state index is 12.1. The van der Waals surface area contributed by atoms with Gasteiger partial charge in [-0.3, -0.25) is 4.90 Å². The Morgan fingerprint density at radius 2 is 1.72 bits per heavy atom. The first-order valence-electron chi connectivity index (χ1n) is 10.2. The van der Waals surface area contributed by atoms with E-state index in [0.29, 0.717) is 11.5 Å². The van der Waals surface area contributed by atoms with Crippen LogP contribution in [0.2, 0.25) is 0 Å². The summed E-state index contributed by atoms with van der Waals surface area (Å²) in [4.78, 5) is 16.9. The van der Waals surface area contributed by atoms with Gasteiger partial charge in [0.15, 0.2) is 0 Å². The van der Waals surface area contributed by atoms with Crippen molar-refractivity contribution in [3.8, 4) is 5.75 Å². The zero-order valence-corrected chi connectivity index (χ0v) is 17.4. The van der Waals surface area contributed by atoms with Crippen LogP contribution in [-0.4, -0.2) is 38.2 Å². The summed E-state index contributed by atoms with van der Waals surface area (Å²) in [5.74, 6) is 1.31. The minimum absolute atomic E-state index is 0.276. The number of piperazine rings is 1. The van der Waals surface area contributed by atoms with Gasteiger partial charge in [-0.15, -0.1) is 0 Å². The number of methoxy groups -OCH3 is 1. The summed E-state index contributed by atoms with van der Waals surface area (Å²) in [6, 6.07) is 16.0. The first-order chi connectivity index (χ1) is 14.0. The van der Waals surface area contributed by atoms with Gasteiger partial charge < -0.3 is 14.1 Å². The van der Waals surface area contributed by atoms with Crippen molar-refractivity contribution >= 4 is 16.7 Å². The molecule has 1 fully saturated rings. The molecule has 152 valence electrons. The number of hydrogen-bond donors (Lipinski definition) is 0. The number of fused-ring (bicyclic) bond motifs is 1. The highest BCUT2D eigenvalue weighted by atomic mass is 16.5. The fourth-order valence-electron chi connectivity index (χ4n) is 3.93. The molecule has 4 rings (SSSR count). The molecule has 2 aromatic carbocycles. The fourth-order valence-corrected chi connectivity index (χ4v) is 3.93. The van der Waals surface area contributed by atoms with E-state index in [0.717, 1.165) is 49.4 Å². The third-order valence-corrected chi connectivity index (χ3v) is 5.72. The quantitative estimate of drug-likeness (QED) is 0.608. The van der Waals surface area contributed by atoms with Crippen molar-refractivity contribution in [2.24, 2.45) is 0 Å². The first kappa shape index (κ1) is 19.5. The van der Waals surface area contributed by atoms with Crippen molar-refractivity contribution in [3.63, 3.8) is 0 Å². The van der Waals surface area contributed by atoms with Crippen LogP contribution in [-0.2, 0) is 6.54 Å². The van der Waals surface area contributed by atoms with Gasteiger partial charge in [0.05, 0.1) is 7.11 Å². The lowest BCUT2D eigenvalue weighted by Gasteiger charge is -2.36. The predicted molar refractivity (Wildman–Crippen MR) is 117 cm³/mol. The number of rotatable bonds is 5. The van der Waals surface area contributed by atoms with Crippen molar-refractivity contribution in [2.45, 2.75) is 26.3 Å². The maximum absolute atomic E-state index is 12.1. The number of hydrogen-bond acceptors (Lipinski definition) is 5. The fraction of sp³-hybridized carbons (Fsp3) is 0.375. The molecule has 0 unspecified atom stereocenters. The highest BCUT2D eigenvalue weighted by Gasteiger charge is 2.19. The Morgan fingerprint density at radius 3 is 2.38 bits per heavy atom. The van der Waals surface area contributed by atoms with Crippen LogP contribution in [0, 0.1) is 0 Å². The number of ether oxygens (including phenoxy) is 1. The summed E-state index contributed by atoms with van der Waals surface area (Å²) in [6.45, 7) is 8.96. The van der Waals surface area contributed by atoms with Crippen molar-refractivity contribution < 1.29 is 9.15 Å². The largest absolute Gasteiger partial charge is 0.497 e. The molecule has 0 saturated carbocycles. The zero-order chi connectivity index (χ0) is 20.4. The van der Waals surface area contributed by atoms with Gasteiger partial charge in [-0.1, -0.05) is 19.9 Å². The monoisotopic (exact) mass is 392 g/mol. The van der Waals surface area contributed by atoms with Crippen LogP contribution >= 0.6 is 0 Å². The molecule has 0 bridgehead atoms. The standard InChI is InChI=1S/C24H28N2O3/c1-17(2)18-4-9-23-22(14-18)19(15-24(27)29-23)16-25-10-12-26(13-11-25)20-5-7-21(28-3)8-6-20/h4-9,14-15,17H,10-13,16H2,1-3H3. The molecule has 0 aliphatic carbocycles. The molecule has 0 N–H and O–H groups in total. The Balaban J connectivity index is 1.49. The second kappa shape index (κ2) is 8.29. The topological polar surface area (TPSA) is 45.9 Å². The summed E-state index contributed by atoms with van der Waals surface area (Å²) < 4.78 is 10.7. The minimum Gasteiger partial charge on any atom is -0.497 e. The van der Waals surface area contributed by atoms with Gasteiger partial charge in [0.2, 0.25) is 0 Å². The number of nitrogens with zero attached hydrogens (tertiary/aromatic N) is 2.